The van der Waals surface area contributed by atoms with Crippen LogP contribution >= 0.6 is 0 Å². The average Bonchev–Trinajstić information content (AvgIpc) is 2.99. The Labute approximate surface area is 282 Å². The molecule has 0 atom stereocenters. The van der Waals surface area contributed by atoms with E-state index in [1.807, 2.05) is 0 Å². The van der Waals surface area contributed by atoms with E-state index in [9.17, 15) is 0 Å². The van der Waals surface area contributed by atoms with Crippen molar-refractivity contribution in [1.82, 2.24) is 4.90 Å². The third-order valence-electron chi connectivity index (χ3n) is 10.7. The summed E-state index contributed by atoms with van der Waals surface area (Å²) in [6.45, 7) is 18.6. The number of nitrogens with zero attached hydrogens (tertiary/aromatic N) is 1. The highest BCUT2D eigenvalue weighted by Crippen LogP contribution is 2.34. The molecular formula is C43H89N. The Kier molecular flexibility index (Phi) is 31.5. The van der Waals surface area contributed by atoms with Gasteiger partial charge in [0.15, 0.2) is 0 Å². The predicted octanol–water partition coefficient (Wildman–Crippen LogP) is 15.8. The molecule has 0 radical (unpaired) electrons. The van der Waals surface area contributed by atoms with E-state index in [0.29, 0.717) is 11.1 Å². The molecule has 0 N–H and O–H groups in total. The quantitative estimate of drug-likeness (QED) is 0.0631. The zero-order valence-corrected chi connectivity index (χ0v) is 32.5. The van der Waals surface area contributed by atoms with Crippen LogP contribution in [0.1, 0.15) is 260 Å². The molecule has 44 heavy (non-hydrogen) atoms. The smallest absolute Gasteiger partial charge is 0.0158 e. The van der Waals surface area contributed by atoms with Crippen molar-refractivity contribution in [2.24, 2.45) is 0 Å². The lowest BCUT2D eigenvalue weighted by molar-refractivity contribution is 0.00151. The summed E-state index contributed by atoms with van der Waals surface area (Å²) >= 11 is 0. The highest BCUT2D eigenvalue weighted by Gasteiger charge is 2.36. The summed E-state index contributed by atoms with van der Waals surface area (Å²) in [5.74, 6) is 0. The topological polar surface area (TPSA) is 3.24 Å². The summed E-state index contributed by atoms with van der Waals surface area (Å²) in [4.78, 5) is 2.98. The highest BCUT2D eigenvalue weighted by atomic mass is 15.2. The van der Waals surface area contributed by atoms with E-state index in [1.165, 1.54) is 218 Å². The van der Waals surface area contributed by atoms with Crippen LogP contribution in [0.25, 0.3) is 0 Å². The summed E-state index contributed by atoms with van der Waals surface area (Å²) in [6.07, 6.45) is 47.3. The lowest BCUT2D eigenvalue weighted by Crippen LogP contribution is -2.55. The first kappa shape index (κ1) is 44.0. The molecule has 0 aliphatic carbocycles. The van der Waals surface area contributed by atoms with E-state index < -0.39 is 0 Å². The van der Waals surface area contributed by atoms with Gasteiger partial charge in [-0.15, -0.1) is 0 Å². The van der Waals surface area contributed by atoms with Crippen molar-refractivity contribution in [2.45, 2.75) is 271 Å². The number of hydrogen-bond donors (Lipinski definition) is 0. The van der Waals surface area contributed by atoms with Crippen LogP contribution in [0.2, 0.25) is 0 Å². The molecule has 0 amide bonds. The molecule has 1 heteroatoms. The van der Waals surface area contributed by atoms with E-state index in [1.54, 1.807) is 0 Å². The van der Waals surface area contributed by atoms with E-state index >= 15 is 0 Å². The van der Waals surface area contributed by atoms with Gasteiger partial charge in [0, 0.05) is 11.1 Å². The van der Waals surface area contributed by atoms with Gasteiger partial charge in [-0.3, -0.25) is 4.90 Å². The van der Waals surface area contributed by atoms with Crippen molar-refractivity contribution < 1.29 is 0 Å². The molecule has 1 nitrogen and oxygen atoms in total. The summed E-state index contributed by atoms with van der Waals surface area (Å²) in [6, 6.07) is 0. The lowest BCUT2D eigenvalue weighted by Gasteiger charge is -2.49. The second-order valence-corrected chi connectivity index (χ2v) is 16.2. The van der Waals surface area contributed by atoms with Crippen LogP contribution in [0.4, 0.5) is 0 Å². The zero-order chi connectivity index (χ0) is 32.6. The van der Waals surface area contributed by atoms with E-state index in [0.717, 1.165) is 0 Å². The van der Waals surface area contributed by atoms with Gasteiger partial charge in [0.1, 0.15) is 0 Å². The third-order valence-corrected chi connectivity index (χ3v) is 10.7. The van der Waals surface area contributed by atoms with Crippen LogP contribution in [-0.2, 0) is 0 Å². The average molecular weight is 620 g/mol. The van der Waals surface area contributed by atoms with Crippen LogP contribution in [0, 0.1) is 0 Å². The third kappa shape index (κ3) is 27.1. The second kappa shape index (κ2) is 31.6. The molecule has 266 valence electrons. The van der Waals surface area contributed by atoms with Gasteiger partial charge in [-0.2, -0.15) is 0 Å². The van der Waals surface area contributed by atoms with Gasteiger partial charge in [0.2, 0.25) is 0 Å². The molecule has 0 saturated carbocycles. The van der Waals surface area contributed by atoms with Crippen molar-refractivity contribution in [3.63, 3.8) is 0 Å². The highest BCUT2D eigenvalue weighted by molar-refractivity contribution is 4.92. The van der Waals surface area contributed by atoms with Gasteiger partial charge in [-0.25, -0.2) is 0 Å². The van der Waals surface area contributed by atoms with Crippen molar-refractivity contribution in [2.75, 3.05) is 6.54 Å². The van der Waals surface area contributed by atoms with Crippen LogP contribution in [0.5, 0.6) is 0 Å². The largest absolute Gasteiger partial charge is 0.293 e. The van der Waals surface area contributed by atoms with Gasteiger partial charge in [-0.05, 0) is 53.5 Å². The molecule has 0 aromatic heterocycles. The molecular weight excluding hydrogens is 530 g/mol. The van der Waals surface area contributed by atoms with E-state index in [-0.39, 0.29) is 0 Å². The molecule has 0 aliphatic rings. The molecule has 0 aliphatic heterocycles. The number of rotatable bonds is 36. The number of hydrogen-bond acceptors (Lipinski definition) is 1. The molecule has 0 spiro atoms. The Hall–Kier alpha value is -0.0400. The number of unbranched alkanes of at least 4 members (excludes halogenated alkanes) is 28. The summed E-state index contributed by atoms with van der Waals surface area (Å²) in [5, 5.41) is 0. The van der Waals surface area contributed by atoms with Gasteiger partial charge in [0.25, 0.3) is 0 Å². The molecule has 0 rings (SSSR count). The minimum Gasteiger partial charge on any atom is -0.293 e. The lowest BCUT2D eigenvalue weighted by atomic mass is 9.85. The fraction of sp³-hybridized carbons (Fsp3) is 1.00. The maximum atomic E-state index is 2.98. The molecule has 0 aromatic rings. The monoisotopic (exact) mass is 620 g/mol. The van der Waals surface area contributed by atoms with Crippen LogP contribution in [-0.4, -0.2) is 22.5 Å². The first-order chi connectivity index (χ1) is 21.3. The Morgan fingerprint density at radius 1 is 0.273 bits per heavy atom. The first-order valence-corrected chi connectivity index (χ1v) is 21.1. The minimum atomic E-state index is 0.307. The standard InChI is InChI=1S/C43H89N/c1-8-11-14-17-20-23-24-25-26-27-28-29-32-35-38-41-44(42(4,5)39-36-33-30-21-18-15-12-9-2)43(6,7)40-37-34-31-22-19-16-13-10-3/h8-41H2,1-7H3. The van der Waals surface area contributed by atoms with Crippen molar-refractivity contribution >= 4 is 0 Å². The summed E-state index contributed by atoms with van der Waals surface area (Å²) in [5.41, 5.74) is 0.615. The SMILES string of the molecule is CCCCCCCCCCCCCCCCCN(C(C)(C)CCCCCCCCCC)C(C)(C)CCCCCCCCCC. The van der Waals surface area contributed by atoms with E-state index in [2.05, 4.69) is 53.4 Å². The Morgan fingerprint density at radius 2 is 0.477 bits per heavy atom. The Balaban J connectivity index is 4.45. The Morgan fingerprint density at radius 3 is 0.727 bits per heavy atom. The van der Waals surface area contributed by atoms with Gasteiger partial charge in [0.05, 0.1) is 0 Å². The van der Waals surface area contributed by atoms with Crippen LogP contribution in [0.3, 0.4) is 0 Å². The molecule has 0 heterocycles. The van der Waals surface area contributed by atoms with Gasteiger partial charge in [-0.1, -0.05) is 213 Å². The summed E-state index contributed by atoms with van der Waals surface area (Å²) in [7, 11) is 0. The molecule has 0 saturated heterocycles. The summed E-state index contributed by atoms with van der Waals surface area (Å²) < 4.78 is 0. The molecule has 0 fully saturated rings. The molecule has 0 aromatic carbocycles. The van der Waals surface area contributed by atoms with Crippen LogP contribution < -0.4 is 0 Å². The van der Waals surface area contributed by atoms with Crippen molar-refractivity contribution in [1.29, 1.82) is 0 Å². The van der Waals surface area contributed by atoms with Gasteiger partial charge >= 0.3 is 0 Å². The van der Waals surface area contributed by atoms with Gasteiger partial charge < -0.3 is 0 Å². The maximum absolute atomic E-state index is 2.98. The minimum absolute atomic E-state index is 0.307. The van der Waals surface area contributed by atoms with Crippen molar-refractivity contribution in [3.05, 3.63) is 0 Å². The maximum Gasteiger partial charge on any atom is 0.0158 e. The zero-order valence-electron chi connectivity index (χ0n) is 32.5. The Bertz CT molecular complexity index is 517. The molecule has 0 unspecified atom stereocenters. The second-order valence-electron chi connectivity index (χ2n) is 16.2. The van der Waals surface area contributed by atoms with E-state index in [4.69, 9.17) is 0 Å². The normalized spacial score (nSPS) is 12.5. The van der Waals surface area contributed by atoms with Crippen molar-refractivity contribution in [3.8, 4) is 0 Å². The molecule has 0 bridgehead atoms. The fourth-order valence-corrected chi connectivity index (χ4v) is 7.72. The fourth-order valence-electron chi connectivity index (χ4n) is 7.72. The first-order valence-electron chi connectivity index (χ1n) is 21.1. The van der Waals surface area contributed by atoms with Crippen LogP contribution in [0.15, 0.2) is 0 Å². The predicted molar refractivity (Wildman–Crippen MR) is 204 cm³/mol.